The van der Waals surface area contributed by atoms with Gasteiger partial charge in [-0.3, -0.25) is 0 Å². The van der Waals surface area contributed by atoms with Crippen LogP contribution in [0.25, 0.3) is 0 Å². The molecule has 1 rings (SSSR count). The summed E-state index contributed by atoms with van der Waals surface area (Å²) in [6.45, 7) is 0.304. The van der Waals surface area contributed by atoms with Crippen molar-refractivity contribution in [1.82, 2.24) is 0 Å². The van der Waals surface area contributed by atoms with Crippen molar-refractivity contribution in [2.24, 2.45) is 5.92 Å². The summed E-state index contributed by atoms with van der Waals surface area (Å²) in [5.74, 6) is 0.476. The molecule has 0 aliphatic heterocycles. The Balaban J connectivity index is 2.31. The van der Waals surface area contributed by atoms with Crippen LogP contribution in [0.1, 0.15) is 25.7 Å². The van der Waals surface area contributed by atoms with E-state index in [2.05, 4.69) is 0 Å². The Kier molecular flexibility index (Phi) is 2.75. The zero-order valence-electron chi connectivity index (χ0n) is 6.08. The smallest absolute Gasteiger partial charge is 0.0783 e. The second kappa shape index (κ2) is 3.62. The molecule has 0 bridgehead atoms. The minimum absolute atomic E-state index is 0.304. The van der Waals surface area contributed by atoms with Gasteiger partial charge in [-0.15, -0.1) is 0 Å². The van der Waals surface area contributed by atoms with Crippen molar-refractivity contribution in [2.45, 2.75) is 25.7 Å². The van der Waals surface area contributed by atoms with Crippen LogP contribution in [-0.4, -0.2) is 16.8 Å². The number of hydrogen-bond donors (Lipinski definition) is 2. The van der Waals surface area contributed by atoms with Crippen LogP contribution in [0.5, 0.6) is 0 Å². The van der Waals surface area contributed by atoms with Crippen molar-refractivity contribution in [2.75, 3.05) is 6.61 Å². The standard InChI is InChI=1S/C8H14O2/c9-5-7-1-2-8(6-10)4-3-7/h5,8-10H,1-4,6H2. The fraction of sp³-hybridized carbons (Fsp3) is 0.750. The molecular weight excluding hydrogens is 128 g/mol. The second-order valence-corrected chi connectivity index (χ2v) is 2.91. The zero-order valence-corrected chi connectivity index (χ0v) is 6.08. The van der Waals surface area contributed by atoms with Gasteiger partial charge >= 0.3 is 0 Å². The highest BCUT2D eigenvalue weighted by Crippen LogP contribution is 2.26. The molecule has 0 atom stereocenters. The van der Waals surface area contributed by atoms with Gasteiger partial charge in [0, 0.05) is 6.61 Å². The van der Waals surface area contributed by atoms with Crippen molar-refractivity contribution >= 4 is 0 Å². The topological polar surface area (TPSA) is 40.5 Å². The van der Waals surface area contributed by atoms with E-state index in [0.717, 1.165) is 31.3 Å². The lowest BCUT2D eigenvalue weighted by Crippen LogP contribution is -2.11. The minimum atomic E-state index is 0.304. The average molecular weight is 142 g/mol. The van der Waals surface area contributed by atoms with Gasteiger partial charge in [0.2, 0.25) is 0 Å². The van der Waals surface area contributed by atoms with E-state index in [1.165, 1.54) is 6.26 Å². The van der Waals surface area contributed by atoms with Crippen LogP contribution in [0, 0.1) is 5.92 Å². The number of aliphatic hydroxyl groups excluding tert-OH is 2. The van der Waals surface area contributed by atoms with Gasteiger partial charge in [-0.2, -0.15) is 0 Å². The molecule has 1 aliphatic carbocycles. The largest absolute Gasteiger partial charge is 0.516 e. The molecule has 0 aromatic heterocycles. The minimum Gasteiger partial charge on any atom is -0.516 e. The zero-order chi connectivity index (χ0) is 7.40. The third kappa shape index (κ3) is 1.74. The van der Waals surface area contributed by atoms with E-state index in [1.807, 2.05) is 0 Å². The van der Waals surface area contributed by atoms with Gasteiger partial charge in [0.15, 0.2) is 0 Å². The fourth-order valence-electron chi connectivity index (χ4n) is 1.36. The van der Waals surface area contributed by atoms with Gasteiger partial charge in [-0.25, -0.2) is 0 Å². The summed E-state index contributed by atoms with van der Waals surface area (Å²) in [4.78, 5) is 0. The Morgan fingerprint density at radius 2 is 2.00 bits per heavy atom. The lowest BCUT2D eigenvalue weighted by molar-refractivity contribution is 0.201. The molecule has 2 nitrogen and oxygen atoms in total. The highest BCUT2D eigenvalue weighted by atomic mass is 16.3. The molecule has 0 amide bonds. The number of hydrogen-bond acceptors (Lipinski definition) is 2. The van der Waals surface area contributed by atoms with Crippen LogP contribution in [0.4, 0.5) is 0 Å². The van der Waals surface area contributed by atoms with E-state index >= 15 is 0 Å². The summed E-state index contributed by atoms with van der Waals surface area (Å²) >= 11 is 0. The van der Waals surface area contributed by atoms with Crippen LogP contribution in [0.15, 0.2) is 11.8 Å². The lowest BCUT2D eigenvalue weighted by atomic mass is 9.87. The second-order valence-electron chi connectivity index (χ2n) is 2.91. The van der Waals surface area contributed by atoms with Crippen molar-refractivity contribution in [3.8, 4) is 0 Å². The SMILES string of the molecule is OC=C1CCC(CO)CC1. The normalized spacial score (nSPS) is 26.5. The van der Waals surface area contributed by atoms with Gasteiger partial charge in [-0.1, -0.05) is 0 Å². The monoisotopic (exact) mass is 142 g/mol. The average Bonchev–Trinajstić information content (AvgIpc) is 2.05. The van der Waals surface area contributed by atoms with Crippen LogP contribution >= 0.6 is 0 Å². The Morgan fingerprint density at radius 3 is 2.40 bits per heavy atom. The first kappa shape index (κ1) is 7.61. The van der Waals surface area contributed by atoms with Gasteiger partial charge in [0.1, 0.15) is 0 Å². The molecule has 2 heteroatoms. The van der Waals surface area contributed by atoms with Gasteiger partial charge < -0.3 is 10.2 Å². The number of rotatable bonds is 1. The molecule has 0 aromatic rings. The Morgan fingerprint density at radius 1 is 1.40 bits per heavy atom. The highest BCUT2D eigenvalue weighted by Gasteiger charge is 2.14. The molecule has 1 aliphatic rings. The number of allylic oxidation sites excluding steroid dienone is 1. The number of aliphatic hydroxyl groups is 2. The van der Waals surface area contributed by atoms with Crippen LogP contribution < -0.4 is 0 Å². The fourth-order valence-corrected chi connectivity index (χ4v) is 1.36. The Bertz CT molecular complexity index is 119. The summed E-state index contributed by atoms with van der Waals surface area (Å²) in [5, 5.41) is 17.4. The molecule has 0 aromatic carbocycles. The summed E-state index contributed by atoms with van der Waals surface area (Å²) in [5.41, 5.74) is 1.13. The summed E-state index contributed by atoms with van der Waals surface area (Å²) in [6.07, 6.45) is 5.20. The molecular formula is C8H14O2. The molecule has 0 unspecified atom stereocenters. The van der Waals surface area contributed by atoms with Crippen molar-refractivity contribution in [3.05, 3.63) is 11.8 Å². The molecule has 0 saturated heterocycles. The van der Waals surface area contributed by atoms with Crippen LogP contribution in [0.3, 0.4) is 0 Å². The van der Waals surface area contributed by atoms with E-state index < -0.39 is 0 Å². The maximum Gasteiger partial charge on any atom is 0.0783 e. The van der Waals surface area contributed by atoms with Gasteiger partial charge in [-0.05, 0) is 37.2 Å². The summed E-state index contributed by atoms with van der Waals surface area (Å²) in [6, 6.07) is 0. The third-order valence-electron chi connectivity index (χ3n) is 2.19. The molecule has 0 spiro atoms. The maximum absolute atomic E-state index is 8.77. The molecule has 10 heavy (non-hydrogen) atoms. The first-order chi connectivity index (χ1) is 4.86. The quantitative estimate of drug-likeness (QED) is 0.546. The van der Waals surface area contributed by atoms with Gasteiger partial charge in [0.05, 0.1) is 6.26 Å². The lowest BCUT2D eigenvalue weighted by Gasteiger charge is -2.20. The predicted molar refractivity (Wildman–Crippen MR) is 39.8 cm³/mol. The molecule has 1 fully saturated rings. The van der Waals surface area contributed by atoms with Crippen molar-refractivity contribution < 1.29 is 10.2 Å². The molecule has 0 heterocycles. The Labute approximate surface area is 61.2 Å². The first-order valence-corrected chi connectivity index (χ1v) is 3.79. The van der Waals surface area contributed by atoms with Crippen LogP contribution in [0.2, 0.25) is 0 Å². The first-order valence-electron chi connectivity index (χ1n) is 3.79. The van der Waals surface area contributed by atoms with Gasteiger partial charge in [0.25, 0.3) is 0 Å². The van der Waals surface area contributed by atoms with Crippen molar-refractivity contribution in [3.63, 3.8) is 0 Å². The molecule has 0 radical (unpaired) electrons. The van der Waals surface area contributed by atoms with E-state index in [0.29, 0.717) is 12.5 Å². The third-order valence-corrected chi connectivity index (χ3v) is 2.19. The van der Waals surface area contributed by atoms with Crippen molar-refractivity contribution in [1.29, 1.82) is 0 Å². The molecule has 1 saturated carbocycles. The van der Waals surface area contributed by atoms with E-state index in [4.69, 9.17) is 10.2 Å². The molecule has 2 N–H and O–H groups in total. The van der Waals surface area contributed by atoms with Crippen LogP contribution in [-0.2, 0) is 0 Å². The highest BCUT2D eigenvalue weighted by molar-refractivity contribution is 5.00. The molecule has 58 valence electrons. The van der Waals surface area contributed by atoms with E-state index in [1.54, 1.807) is 0 Å². The van der Waals surface area contributed by atoms with E-state index in [-0.39, 0.29) is 0 Å². The maximum atomic E-state index is 8.77. The Hall–Kier alpha value is -0.500. The summed E-state index contributed by atoms with van der Waals surface area (Å²) < 4.78 is 0. The predicted octanol–water partition coefficient (Wildman–Crippen LogP) is 1.61. The summed E-state index contributed by atoms with van der Waals surface area (Å²) in [7, 11) is 0. The van der Waals surface area contributed by atoms with E-state index in [9.17, 15) is 0 Å².